The number of benzene rings is 1. The predicted molar refractivity (Wildman–Crippen MR) is 115 cm³/mol. The standard InChI is InChI=1S/C21H26F2N6O3/c1-31-10-11-32-19-26-17(24)16-18(27-19)29(20(30)25-16)13-15-4-2-14(3-5-15)12-28-8-6-21(22,23)7-9-28/h2-5H,6-13H2,1H3,(H,25,30)(H2,24,26,27). The number of rotatable bonds is 8. The Kier molecular flexibility index (Phi) is 6.38. The number of methoxy groups -OCH3 is 1. The Morgan fingerprint density at radius 1 is 1.09 bits per heavy atom. The van der Waals surface area contributed by atoms with Gasteiger partial charge in [0.15, 0.2) is 11.5 Å². The van der Waals surface area contributed by atoms with Gasteiger partial charge < -0.3 is 20.2 Å². The zero-order chi connectivity index (χ0) is 22.7. The van der Waals surface area contributed by atoms with Crippen LogP contribution in [0.3, 0.4) is 0 Å². The van der Waals surface area contributed by atoms with Gasteiger partial charge in [0.1, 0.15) is 12.1 Å². The van der Waals surface area contributed by atoms with Gasteiger partial charge in [0.05, 0.1) is 13.2 Å². The van der Waals surface area contributed by atoms with Crippen molar-refractivity contribution in [1.29, 1.82) is 0 Å². The van der Waals surface area contributed by atoms with Crippen molar-refractivity contribution >= 4 is 17.0 Å². The van der Waals surface area contributed by atoms with Crippen LogP contribution in [0.25, 0.3) is 11.2 Å². The number of nitrogens with zero attached hydrogens (tertiary/aromatic N) is 4. The summed E-state index contributed by atoms with van der Waals surface area (Å²) in [4.78, 5) is 25.6. The van der Waals surface area contributed by atoms with Gasteiger partial charge >= 0.3 is 11.7 Å². The van der Waals surface area contributed by atoms with Crippen molar-refractivity contribution in [2.45, 2.75) is 31.9 Å². The minimum Gasteiger partial charge on any atom is -0.461 e. The van der Waals surface area contributed by atoms with E-state index in [1.807, 2.05) is 29.2 Å². The molecule has 1 aromatic carbocycles. The van der Waals surface area contributed by atoms with Gasteiger partial charge in [-0.3, -0.25) is 9.47 Å². The molecular weight excluding hydrogens is 422 g/mol. The molecule has 3 N–H and O–H groups in total. The predicted octanol–water partition coefficient (Wildman–Crippen LogP) is 2.01. The monoisotopic (exact) mass is 448 g/mol. The van der Waals surface area contributed by atoms with Crippen molar-refractivity contribution in [1.82, 2.24) is 24.4 Å². The highest BCUT2D eigenvalue weighted by Gasteiger charge is 2.33. The Bertz CT molecular complexity index is 1120. The largest absolute Gasteiger partial charge is 0.461 e. The molecule has 32 heavy (non-hydrogen) atoms. The fourth-order valence-electron chi connectivity index (χ4n) is 3.69. The minimum absolute atomic E-state index is 0.0715. The number of hydrogen-bond donors (Lipinski definition) is 2. The van der Waals surface area contributed by atoms with Gasteiger partial charge in [-0.1, -0.05) is 24.3 Å². The molecule has 1 saturated heterocycles. The van der Waals surface area contributed by atoms with Gasteiger partial charge in [0.2, 0.25) is 0 Å². The Hall–Kier alpha value is -3.05. The third-order valence-electron chi connectivity index (χ3n) is 5.51. The van der Waals surface area contributed by atoms with Crippen LogP contribution in [0.5, 0.6) is 6.01 Å². The summed E-state index contributed by atoms with van der Waals surface area (Å²) < 4.78 is 38.5. The molecule has 1 aliphatic rings. The van der Waals surface area contributed by atoms with Gasteiger partial charge in [-0.25, -0.2) is 13.6 Å². The summed E-state index contributed by atoms with van der Waals surface area (Å²) >= 11 is 0. The minimum atomic E-state index is -2.55. The number of anilines is 1. The molecule has 0 unspecified atom stereocenters. The molecule has 0 radical (unpaired) electrons. The van der Waals surface area contributed by atoms with Crippen LogP contribution in [0.4, 0.5) is 14.6 Å². The molecule has 0 spiro atoms. The Balaban J connectivity index is 1.48. The molecular formula is C21H26F2N6O3. The normalized spacial score (nSPS) is 16.5. The highest BCUT2D eigenvalue weighted by atomic mass is 19.3. The maximum absolute atomic E-state index is 13.3. The summed E-state index contributed by atoms with van der Waals surface area (Å²) in [6.07, 6.45) is -0.201. The summed E-state index contributed by atoms with van der Waals surface area (Å²) in [5.74, 6) is -2.42. The first-order valence-electron chi connectivity index (χ1n) is 10.4. The van der Waals surface area contributed by atoms with Crippen LogP contribution in [0.2, 0.25) is 0 Å². The maximum atomic E-state index is 13.3. The molecule has 1 fully saturated rings. The summed E-state index contributed by atoms with van der Waals surface area (Å²) in [5.41, 5.74) is 8.24. The number of aromatic amines is 1. The molecule has 0 atom stereocenters. The highest BCUT2D eigenvalue weighted by molar-refractivity contribution is 5.81. The Morgan fingerprint density at radius 3 is 2.41 bits per heavy atom. The number of likely N-dealkylation sites (tertiary alicyclic amines) is 1. The van der Waals surface area contributed by atoms with Crippen LogP contribution in [0.15, 0.2) is 29.1 Å². The molecule has 172 valence electrons. The fourth-order valence-corrected chi connectivity index (χ4v) is 3.69. The average Bonchev–Trinajstić information content (AvgIpc) is 3.07. The Labute approximate surface area is 183 Å². The first-order valence-corrected chi connectivity index (χ1v) is 10.4. The number of imidazole rings is 1. The topological polar surface area (TPSA) is 111 Å². The van der Waals surface area contributed by atoms with Crippen molar-refractivity contribution in [2.75, 3.05) is 39.1 Å². The van der Waals surface area contributed by atoms with Crippen molar-refractivity contribution in [3.05, 3.63) is 45.9 Å². The highest BCUT2D eigenvalue weighted by Crippen LogP contribution is 2.28. The van der Waals surface area contributed by atoms with Crippen molar-refractivity contribution in [2.24, 2.45) is 0 Å². The van der Waals surface area contributed by atoms with Crippen LogP contribution >= 0.6 is 0 Å². The lowest BCUT2D eigenvalue weighted by Crippen LogP contribution is -2.38. The molecule has 0 amide bonds. The van der Waals surface area contributed by atoms with Gasteiger partial charge in [0.25, 0.3) is 5.92 Å². The van der Waals surface area contributed by atoms with Crippen molar-refractivity contribution < 1.29 is 18.3 Å². The smallest absolute Gasteiger partial charge is 0.328 e. The molecule has 11 heteroatoms. The van der Waals surface area contributed by atoms with E-state index in [1.54, 1.807) is 7.11 Å². The average molecular weight is 448 g/mol. The summed E-state index contributed by atoms with van der Waals surface area (Å²) in [6, 6.07) is 7.80. The number of ether oxygens (including phenoxy) is 2. The van der Waals surface area contributed by atoms with Crippen molar-refractivity contribution in [3.63, 3.8) is 0 Å². The van der Waals surface area contributed by atoms with Crippen LogP contribution in [0.1, 0.15) is 24.0 Å². The summed E-state index contributed by atoms with van der Waals surface area (Å²) in [6.45, 7) is 2.29. The van der Waals surface area contributed by atoms with Crippen LogP contribution < -0.4 is 16.2 Å². The number of fused-ring (bicyclic) bond motifs is 1. The molecule has 1 aliphatic heterocycles. The van der Waals surface area contributed by atoms with E-state index in [4.69, 9.17) is 15.2 Å². The Morgan fingerprint density at radius 2 is 1.75 bits per heavy atom. The quantitative estimate of drug-likeness (QED) is 0.507. The van der Waals surface area contributed by atoms with E-state index in [0.29, 0.717) is 37.4 Å². The number of H-pyrrole nitrogens is 1. The lowest BCUT2D eigenvalue weighted by atomic mass is 10.1. The van der Waals surface area contributed by atoms with E-state index in [0.717, 1.165) is 11.1 Å². The lowest BCUT2D eigenvalue weighted by Gasteiger charge is -2.31. The summed E-state index contributed by atoms with van der Waals surface area (Å²) in [5, 5.41) is 0. The molecule has 0 saturated carbocycles. The second-order valence-electron chi connectivity index (χ2n) is 7.90. The second-order valence-corrected chi connectivity index (χ2v) is 7.90. The zero-order valence-corrected chi connectivity index (χ0v) is 17.8. The van der Waals surface area contributed by atoms with Gasteiger partial charge in [-0.05, 0) is 11.1 Å². The number of nitrogens with one attached hydrogen (secondary N) is 1. The lowest BCUT2D eigenvalue weighted by molar-refractivity contribution is -0.0566. The van der Waals surface area contributed by atoms with E-state index in [9.17, 15) is 13.6 Å². The van der Waals surface area contributed by atoms with E-state index in [2.05, 4.69) is 15.0 Å². The van der Waals surface area contributed by atoms with E-state index in [1.165, 1.54) is 4.57 Å². The van der Waals surface area contributed by atoms with E-state index >= 15 is 0 Å². The maximum Gasteiger partial charge on any atom is 0.328 e. The van der Waals surface area contributed by atoms with Gasteiger partial charge in [-0.2, -0.15) is 9.97 Å². The number of aromatic nitrogens is 4. The van der Waals surface area contributed by atoms with E-state index < -0.39 is 5.92 Å². The third kappa shape index (κ3) is 5.05. The van der Waals surface area contributed by atoms with Crippen LogP contribution in [-0.4, -0.2) is 63.8 Å². The van der Waals surface area contributed by atoms with Crippen molar-refractivity contribution in [3.8, 4) is 6.01 Å². The number of piperidine rings is 1. The summed E-state index contributed by atoms with van der Waals surface area (Å²) in [7, 11) is 1.56. The number of nitrogens with two attached hydrogens (primary N) is 1. The van der Waals surface area contributed by atoms with Gasteiger partial charge in [0, 0.05) is 39.6 Å². The number of hydrogen-bond acceptors (Lipinski definition) is 7. The zero-order valence-electron chi connectivity index (χ0n) is 17.8. The molecule has 0 aliphatic carbocycles. The fraction of sp³-hybridized carbons (Fsp3) is 0.476. The molecule has 2 aromatic heterocycles. The first kappa shape index (κ1) is 22.2. The number of alkyl halides is 2. The molecule has 3 aromatic rings. The first-order chi connectivity index (χ1) is 15.3. The SMILES string of the molecule is COCCOc1nc(N)c2[nH]c(=O)n(Cc3ccc(CN4CCC(F)(F)CC4)cc3)c2n1. The molecule has 4 rings (SSSR count). The number of nitrogen functional groups attached to an aromatic ring is 1. The third-order valence-corrected chi connectivity index (χ3v) is 5.51. The van der Waals surface area contributed by atoms with Gasteiger partial charge in [-0.15, -0.1) is 0 Å². The molecule has 3 heterocycles. The molecule has 0 bridgehead atoms. The van der Waals surface area contributed by atoms with Crippen LogP contribution in [-0.2, 0) is 17.8 Å². The second kappa shape index (κ2) is 9.21. The van der Waals surface area contributed by atoms with E-state index in [-0.39, 0.29) is 43.5 Å². The molecule has 9 nitrogen and oxygen atoms in total. The van der Waals surface area contributed by atoms with Crippen LogP contribution in [0, 0.1) is 0 Å². The number of halogens is 2.